The Kier molecular flexibility index (Phi) is 4.16. The summed E-state index contributed by atoms with van der Waals surface area (Å²) in [5.74, 6) is 1.21. The average molecular weight is 253 g/mol. The maximum atomic E-state index is 5.60. The Balaban J connectivity index is 2.07. The van der Waals surface area contributed by atoms with Gasteiger partial charge in [0.1, 0.15) is 4.88 Å². The van der Waals surface area contributed by atoms with Crippen LogP contribution < -0.4 is 5.32 Å². The molecular formula is C10H15N5OS. The van der Waals surface area contributed by atoms with Crippen molar-refractivity contribution in [3.8, 4) is 10.8 Å². The van der Waals surface area contributed by atoms with E-state index in [1.54, 1.807) is 0 Å². The Labute approximate surface area is 104 Å². The summed E-state index contributed by atoms with van der Waals surface area (Å²) in [7, 11) is 1.93. The first-order valence-corrected chi connectivity index (χ1v) is 6.41. The third-order valence-electron chi connectivity index (χ3n) is 2.37. The molecule has 7 heteroatoms. The van der Waals surface area contributed by atoms with Gasteiger partial charge in [0.2, 0.25) is 5.89 Å². The monoisotopic (exact) mass is 253 g/mol. The summed E-state index contributed by atoms with van der Waals surface area (Å²) in [6, 6.07) is 0. The summed E-state index contributed by atoms with van der Waals surface area (Å²) in [4.78, 5) is 0.889. The van der Waals surface area contributed by atoms with Crippen LogP contribution >= 0.6 is 11.5 Å². The van der Waals surface area contributed by atoms with Crippen LogP contribution in [0.5, 0.6) is 0 Å². The SMILES string of the molecule is CCc1nnsc1-c1nnc(CCCNC)o1. The van der Waals surface area contributed by atoms with Gasteiger partial charge in [0.15, 0.2) is 0 Å². The lowest BCUT2D eigenvalue weighted by Gasteiger charge is -1.94. The van der Waals surface area contributed by atoms with Crippen LogP contribution in [0.25, 0.3) is 10.8 Å². The summed E-state index contributed by atoms with van der Waals surface area (Å²) in [5, 5.41) is 15.2. The number of aromatic nitrogens is 4. The van der Waals surface area contributed by atoms with Gasteiger partial charge in [0, 0.05) is 6.42 Å². The van der Waals surface area contributed by atoms with Crippen LogP contribution in [0, 0.1) is 0 Å². The van der Waals surface area contributed by atoms with Crippen molar-refractivity contribution in [2.24, 2.45) is 0 Å². The fourth-order valence-corrected chi connectivity index (χ4v) is 2.14. The van der Waals surface area contributed by atoms with Gasteiger partial charge in [0.25, 0.3) is 5.89 Å². The van der Waals surface area contributed by atoms with Crippen molar-refractivity contribution in [1.82, 2.24) is 25.1 Å². The molecule has 0 amide bonds. The lowest BCUT2D eigenvalue weighted by atomic mass is 10.3. The molecule has 2 aromatic heterocycles. The smallest absolute Gasteiger partial charge is 0.261 e. The fraction of sp³-hybridized carbons (Fsp3) is 0.600. The molecule has 0 aliphatic heterocycles. The van der Waals surface area contributed by atoms with Gasteiger partial charge < -0.3 is 9.73 Å². The molecule has 0 radical (unpaired) electrons. The topological polar surface area (TPSA) is 76.7 Å². The largest absolute Gasteiger partial charge is 0.420 e. The molecule has 2 aromatic rings. The van der Waals surface area contributed by atoms with Gasteiger partial charge in [-0.2, -0.15) is 0 Å². The molecule has 0 saturated carbocycles. The summed E-state index contributed by atoms with van der Waals surface area (Å²) in [5.41, 5.74) is 0.917. The molecule has 0 aliphatic rings. The van der Waals surface area contributed by atoms with E-state index in [1.165, 1.54) is 11.5 Å². The second kappa shape index (κ2) is 5.83. The molecule has 0 saturated heterocycles. The molecule has 92 valence electrons. The lowest BCUT2D eigenvalue weighted by Crippen LogP contribution is -2.08. The summed E-state index contributed by atoms with van der Waals surface area (Å²) < 4.78 is 9.51. The van der Waals surface area contributed by atoms with E-state index in [0.717, 1.165) is 36.4 Å². The van der Waals surface area contributed by atoms with Gasteiger partial charge in [-0.25, -0.2) is 0 Å². The zero-order chi connectivity index (χ0) is 12.1. The van der Waals surface area contributed by atoms with E-state index in [0.29, 0.717) is 11.8 Å². The van der Waals surface area contributed by atoms with Crippen LogP contribution in [0.15, 0.2) is 4.42 Å². The van der Waals surface area contributed by atoms with E-state index in [2.05, 4.69) is 25.1 Å². The van der Waals surface area contributed by atoms with Gasteiger partial charge in [-0.3, -0.25) is 0 Å². The summed E-state index contributed by atoms with van der Waals surface area (Å²) in [6.45, 7) is 2.98. The lowest BCUT2D eigenvalue weighted by molar-refractivity contribution is 0.495. The maximum absolute atomic E-state index is 5.60. The quantitative estimate of drug-likeness (QED) is 0.782. The number of rotatable bonds is 6. The summed E-state index contributed by atoms with van der Waals surface area (Å²) in [6.07, 6.45) is 2.60. The van der Waals surface area contributed by atoms with Gasteiger partial charge in [0.05, 0.1) is 5.69 Å². The van der Waals surface area contributed by atoms with Gasteiger partial charge in [-0.05, 0) is 38.0 Å². The minimum Gasteiger partial charge on any atom is -0.420 e. The Morgan fingerprint density at radius 3 is 2.94 bits per heavy atom. The van der Waals surface area contributed by atoms with E-state index in [9.17, 15) is 0 Å². The van der Waals surface area contributed by atoms with Crippen molar-refractivity contribution >= 4 is 11.5 Å². The third-order valence-corrected chi connectivity index (χ3v) is 3.13. The minimum absolute atomic E-state index is 0.538. The first-order valence-electron chi connectivity index (χ1n) is 5.63. The van der Waals surface area contributed by atoms with Gasteiger partial charge in [-0.1, -0.05) is 11.4 Å². The van der Waals surface area contributed by atoms with Crippen molar-refractivity contribution in [2.45, 2.75) is 26.2 Å². The zero-order valence-corrected chi connectivity index (χ0v) is 10.8. The molecule has 0 fully saturated rings. The fourth-order valence-electron chi connectivity index (χ4n) is 1.47. The van der Waals surface area contributed by atoms with E-state index in [-0.39, 0.29) is 0 Å². The highest BCUT2D eigenvalue weighted by Crippen LogP contribution is 2.25. The molecule has 0 spiro atoms. The van der Waals surface area contributed by atoms with Crippen molar-refractivity contribution in [2.75, 3.05) is 13.6 Å². The summed E-state index contributed by atoms with van der Waals surface area (Å²) >= 11 is 1.30. The van der Waals surface area contributed by atoms with Crippen LogP contribution in [-0.4, -0.2) is 33.4 Å². The number of aryl methyl sites for hydroxylation is 2. The van der Waals surface area contributed by atoms with Crippen molar-refractivity contribution in [3.05, 3.63) is 11.6 Å². The molecule has 0 bridgehead atoms. The van der Waals surface area contributed by atoms with Gasteiger partial charge in [-0.15, -0.1) is 15.3 Å². The van der Waals surface area contributed by atoms with Gasteiger partial charge >= 0.3 is 0 Å². The molecule has 17 heavy (non-hydrogen) atoms. The number of hydrogen-bond donors (Lipinski definition) is 1. The van der Waals surface area contributed by atoms with E-state index in [1.807, 2.05) is 14.0 Å². The van der Waals surface area contributed by atoms with Crippen LogP contribution in [0.2, 0.25) is 0 Å². The van der Waals surface area contributed by atoms with Crippen molar-refractivity contribution in [1.29, 1.82) is 0 Å². The Hall–Kier alpha value is -1.34. The molecule has 2 heterocycles. The second-order valence-corrected chi connectivity index (χ2v) is 4.36. The van der Waals surface area contributed by atoms with Crippen LogP contribution in [-0.2, 0) is 12.8 Å². The molecule has 2 rings (SSSR count). The Morgan fingerprint density at radius 2 is 2.18 bits per heavy atom. The van der Waals surface area contributed by atoms with Crippen LogP contribution in [0.4, 0.5) is 0 Å². The highest BCUT2D eigenvalue weighted by Gasteiger charge is 2.15. The van der Waals surface area contributed by atoms with Crippen LogP contribution in [0.1, 0.15) is 24.9 Å². The van der Waals surface area contributed by atoms with E-state index >= 15 is 0 Å². The molecule has 0 aromatic carbocycles. The number of nitrogens with zero attached hydrogens (tertiary/aromatic N) is 4. The predicted molar refractivity (Wildman–Crippen MR) is 64.8 cm³/mol. The molecule has 0 atom stereocenters. The van der Waals surface area contributed by atoms with Crippen LogP contribution in [0.3, 0.4) is 0 Å². The molecule has 0 unspecified atom stereocenters. The molecule has 0 aliphatic carbocycles. The highest BCUT2D eigenvalue weighted by atomic mass is 32.1. The standard InChI is InChI=1S/C10H15N5OS/c1-3-7-9(17-15-12-7)10-14-13-8(16-10)5-4-6-11-2/h11H,3-6H2,1-2H3. The molecule has 1 N–H and O–H groups in total. The minimum atomic E-state index is 0.538. The van der Waals surface area contributed by atoms with E-state index in [4.69, 9.17) is 4.42 Å². The zero-order valence-electron chi connectivity index (χ0n) is 9.93. The second-order valence-electron chi connectivity index (χ2n) is 3.61. The van der Waals surface area contributed by atoms with Crippen molar-refractivity contribution < 1.29 is 4.42 Å². The first kappa shape index (κ1) is 12.1. The van der Waals surface area contributed by atoms with E-state index < -0.39 is 0 Å². The Morgan fingerprint density at radius 1 is 1.29 bits per heavy atom. The maximum Gasteiger partial charge on any atom is 0.261 e. The molecular weight excluding hydrogens is 238 g/mol. The highest BCUT2D eigenvalue weighted by molar-refractivity contribution is 7.09. The normalized spacial score (nSPS) is 10.9. The number of nitrogens with one attached hydrogen (secondary N) is 1. The first-order chi connectivity index (χ1) is 8.35. The third kappa shape index (κ3) is 2.86. The Bertz CT molecular complexity index is 467. The number of hydrogen-bond acceptors (Lipinski definition) is 7. The predicted octanol–water partition coefficient (Wildman–Crippen LogP) is 1.30. The molecule has 6 nitrogen and oxygen atoms in total. The van der Waals surface area contributed by atoms with Crippen molar-refractivity contribution in [3.63, 3.8) is 0 Å². The average Bonchev–Trinajstić information content (AvgIpc) is 2.96.